The number of ether oxygens (including phenoxy) is 2. The van der Waals surface area contributed by atoms with E-state index in [0.29, 0.717) is 5.75 Å². The van der Waals surface area contributed by atoms with Crippen LogP contribution in [0.5, 0.6) is 5.75 Å². The summed E-state index contributed by atoms with van der Waals surface area (Å²) < 4.78 is 49.4. The maximum Gasteiger partial charge on any atom is 0.479 e. The van der Waals surface area contributed by atoms with E-state index in [0.717, 1.165) is 17.0 Å². The zero-order chi connectivity index (χ0) is 15.3. The number of alkyl halides is 3. The van der Waals surface area contributed by atoms with Crippen molar-refractivity contribution in [1.29, 1.82) is 0 Å². The van der Waals surface area contributed by atoms with Crippen LogP contribution in [0.4, 0.5) is 13.2 Å². The Morgan fingerprint density at radius 1 is 1.35 bits per heavy atom. The van der Waals surface area contributed by atoms with Crippen molar-refractivity contribution in [3.05, 3.63) is 29.4 Å². The first-order chi connectivity index (χ1) is 9.31. The number of carbonyl (C=O) groups excluding carboxylic acids is 1. The van der Waals surface area contributed by atoms with Gasteiger partial charge in [0, 0.05) is 12.1 Å². The molecule has 0 bridgehead atoms. The zero-order valence-corrected chi connectivity index (χ0v) is 11.7. The van der Waals surface area contributed by atoms with E-state index < -0.39 is 22.7 Å². The van der Waals surface area contributed by atoms with Crippen LogP contribution in [0.2, 0.25) is 0 Å². The molecule has 0 radical (unpaired) electrons. The Morgan fingerprint density at radius 3 is 2.30 bits per heavy atom. The second-order valence-electron chi connectivity index (χ2n) is 3.56. The van der Waals surface area contributed by atoms with Crippen molar-refractivity contribution in [1.82, 2.24) is 0 Å². The molecule has 0 amide bonds. The standard InChI is InChI=1S/C12H12F3NO3S/c1-3-19-11(17)9(20)10(12(13,14)15)16-6-4-8(18-2)5-7-16/h4-7H,3H2,1-2H3/p+1. The molecule has 0 aliphatic heterocycles. The van der Waals surface area contributed by atoms with Gasteiger partial charge in [-0.15, -0.1) is 12.6 Å². The zero-order valence-electron chi connectivity index (χ0n) is 10.8. The van der Waals surface area contributed by atoms with Crippen LogP contribution in [0.3, 0.4) is 0 Å². The second kappa shape index (κ2) is 6.65. The number of hydrogen-bond acceptors (Lipinski definition) is 4. The van der Waals surface area contributed by atoms with Gasteiger partial charge in [0.2, 0.25) is 0 Å². The minimum atomic E-state index is -4.76. The van der Waals surface area contributed by atoms with Crippen molar-refractivity contribution in [2.24, 2.45) is 0 Å². The lowest BCUT2D eigenvalue weighted by Crippen LogP contribution is -2.40. The Bertz CT molecular complexity index is 512. The van der Waals surface area contributed by atoms with Gasteiger partial charge in [0.05, 0.1) is 13.7 Å². The van der Waals surface area contributed by atoms with E-state index in [-0.39, 0.29) is 6.61 Å². The number of halogens is 3. The lowest BCUT2D eigenvalue weighted by molar-refractivity contribution is -0.596. The van der Waals surface area contributed by atoms with Crippen molar-refractivity contribution in [2.75, 3.05) is 13.7 Å². The lowest BCUT2D eigenvalue weighted by Gasteiger charge is -2.09. The normalized spacial score (nSPS) is 12.7. The first-order valence-electron chi connectivity index (χ1n) is 5.54. The molecule has 0 fully saturated rings. The number of rotatable bonds is 4. The Morgan fingerprint density at radius 2 is 1.90 bits per heavy atom. The van der Waals surface area contributed by atoms with Gasteiger partial charge in [-0.2, -0.15) is 17.7 Å². The molecule has 0 unspecified atom stereocenters. The van der Waals surface area contributed by atoms with E-state index in [9.17, 15) is 18.0 Å². The molecule has 1 aromatic rings. The fourth-order valence-corrected chi connectivity index (χ4v) is 1.70. The average Bonchev–Trinajstić information content (AvgIpc) is 2.38. The van der Waals surface area contributed by atoms with Gasteiger partial charge in [0.15, 0.2) is 17.3 Å². The van der Waals surface area contributed by atoms with Crippen molar-refractivity contribution in [2.45, 2.75) is 13.1 Å². The highest BCUT2D eigenvalue weighted by Crippen LogP contribution is 2.30. The van der Waals surface area contributed by atoms with Crippen LogP contribution in [-0.2, 0) is 9.53 Å². The van der Waals surface area contributed by atoms with Crippen LogP contribution in [0.25, 0.3) is 5.70 Å². The topological polar surface area (TPSA) is 39.4 Å². The van der Waals surface area contributed by atoms with E-state index >= 15 is 0 Å². The predicted octanol–water partition coefficient (Wildman–Crippen LogP) is 2.21. The van der Waals surface area contributed by atoms with Gasteiger partial charge >= 0.3 is 17.8 Å². The molecule has 1 rings (SSSR count). The molecule has 8 heteroatoms. The van der Waals surface area contributed by atoms with Crippen molar-refractivity contribution >= 4 is 24.3 Å². The number of aromatic nitrogens is 1. The van der Waals surface area contributed by atoms with Gasteiger partial charge < -0.3 is 9.47 Å². The van der Waals surface area contributed by atoms with Gasteiger partial charge in [-0.3, -0.25) is 0 Å². The quantitative estimate of drug-likeness (QED) is 0.401. The largest absolute Gasteiger partial charge is 0.496 e. The van der Waals surface area contributed by atoms with E-state index in [1.54, 1.807) is 0 Å². The number of hydrogen-bond donors (Lipinski definition) is 1. The second-order valence-corrected chi connectivity index (χ2v) is 4.01. The molecule has 4 nitrogen and oxygen atoms in total. The van der Waals surface area contributed by atoms with Crippen LogP contribution >= 0.6 is 12.6 Å². The summed E-state index contributed by atoms with van der Waals surface area (Å²) in [5, 5.41) is 0. The summed E-state index contributed by atoms with van der Waals surface area (Å²) >= 11 is 3.64. The van der Waals surface area contributed by atoms with Crippen LogP contribution < -0.4 is 9.30 Å². The van der Waals surface area contributed by atoms with Gasteiger partial charge in [-0.25, -0.2) is 4.79 Å². The highest BCUT2D eigenvalue weighted by Gasteiger charge is 2.46. The molecule has 0 aromatic carbocycles. The molecule has 0 spiro atoms. The van der Waals surface area contributed by atoms with Crippen LogP contribution in [-0.4, -0.2) is 25.9 Å². The molecular formula is C12H13F3NO3S+. The predicted molar refractivity (Wildman–Crippen MR) is 68.1 cm³/mol. The number of methoxy groups -OCH3 is 1. The Balaban J connectivity index is 3.32. The molecule has 0 aliphatic carbocycles. The SMILES string of the molecule is CCOC(=O)C(S)=C([n+]1ccc(OC)cc1)C(F)(F)F. The van der Waals surface area contributed by atoms with Gasteiger partial charge in [0.25, 0.3) is 0 Å². The summed E-state index contributed by atoms with van der Waals surface area (Å²) in [5.74, 6) is -0.744. The van der Waals surface area contributed by atoms with E-state index in [2.05, 4.69) is 17.4 Å². The Hall–Kier alpha value is -1.70. The third kappa shape index (κ3) is 3.89. The molecule has 0 aliphatic rings. The molecule has 20 heavy (non-hydrogen) atoms. The van der Waals surface area contributed by atoms with Crippen molar-refractivity contribution in [3.63, 3.8) is 0 Å². The summed E-state index contributed by atoms with van der Waals surface area (Å²) in [4.78, 5) is 10.6. The molecule has 0 saturated heterocycles. The maximum absolute atomic E-state index is 13.1. The summed E-state index contributed by atoms with van der Waals surface area (Å²) in [5.41, 5.74) is -1.22. The highest BCUT2D eigenvalue weighted by atomic mass is 32.1. The number of allylic oxidation sites excluding steroid dienone is 1. The van der Waals surface area contributed by atoms with Gasteiger partial charge in [-0.1, -0.05) is 0 Å². The first-order valence-corrected chi connectivity index (χ1v) is 5.99. The number of thiol groups is 1. The average molecular weight is 308 g/mol. The highest BCUT2D eigenvalue weighted by molar-refractivity contribution is 7.85. The minimum Gasteiger partial charge on any atom is -0.496 e. The number of nitrogens with zero attached hydrogens (tertiary/aromatic N) is 1. The number of esters is 1. The molecule has 110 valence electrons. The van der Waals surface area contributed by atoms with Gasteiger partial charge in [0.1, 0.15) is 5.75 Å². The summed E-state index contributed by atoms with van der Waals surface area (Å²) in [6, 6.07) is 2.66. The monoisotopic (exact) mass is 308 g/mol. The molecule has 1 aromatic heterocycles. The Labute approximate surface area is 119 Å². The third-order valence-electron chi connectivity index (χ3n) is 2.25. The summed E-state index contributed by atoms with van der Waals surface area (Å²) in [6.45, 7) is 1.45. The number of carbonyl (C=O) groups is 1. The fourth-order valence-electron chi connectivity index (χ4n) is 1.40. The third-order valence-corrected chi connectivity index (χ3v) is 2.65. The maximum atomic E-state index is 13.1. The summed E-state index contributed by atoms with van der Waals surface area (Å²) in [6.07, 6.45) is -2.52. The molecular weight excluding hydrogens is 295 g/mol. The van der Waals surface area contributed by atoms with Crippen LogP contribution in [0.15, 0.2) is 29.4 Å². The minimum absolute atomic E-state index is 0.0404. The van der Waals surface area contributed by atoms with Crippen molar-refractivity contribution < 1.29 is 32.0 Å². The van der Waals surface area contributed by atoms with E-state index in [4.69, 9.17) is 4.74 Å². The smallest absolute Gasteiger partial charge is 0.479 e. The fraction of sp³-hybridized carbons (Fsp3) is 0.333. The van der Waals surface area contributed by atoms with Crippen LogP contribution in [0, 0.1) is 0 Å². The van der Waals surface area contributed by atoms with Crippen molar-refractivity contribution in [3.8, 4) is 5.75 Å². The summed E-state index contributed by atoms with van der Waals surface area (Å²) in [7, 11) is 1.39. The molecule has 0 N–H and O–H groups in total. The molecule has 0 saturated carbocycles. The van der Waals surface area contributed by atoms with E-state index in [1.165, 1.54) is 26.2 Å². The van der Waals surface area contributed by atoms with Gasteiger partial charge in [-0.05, 0) is 6.92 Å². The molecule has 0 atom stereocenters. The Kier molecular flexibility index (Phi) is 5.43. The van der Waals surface area contributed by atoms with Crippen LogP contribution in [0.1, 0.15) is 6.92 Å². The van der Waals surface area contributed by atoms with E-state index in [1.807, 2.05) is 0 Å². The first kappa shape index (κ1) is 16.4. The molecule has 1 heterocycles. The number of pyridine rings is 1. The lowest BCUT2D eigenvalue weighted by atomic mass is 10.3.